The molecule has 0 aromatic heterocycles. The molecule has 1 aromatic rings. The number of nitrogens with zero attached hydrogens (tertiary/aromatic N) is 1. The number of halogens is 1. The van der Waals surface area contributed by atoms with E-state index in [0.29, 0.717) is 6.42 Å². The zero-order chi connectivity index (χ0) is 13.0. The predicted molar refractivity (Wildman–Crippen MR) is 62.4 cm³/mol. The van der Waals surface area contributed by atoms with Crippen LogP contribution < -0.4 is 5.32 Å². The standard InChI is InChI=1S/C11H15FN2O3/c1-7(5-8(2)15)13-10-4-3-9(12)6-11(10)14(16)17/h3-4,6-8,13,15H,5H2,1-2H3. The van der Waals surface area contributed by atoms with Gasteiger partial charge in [-0.15, -0.1) is 0 Å². The first-order chi connectivity index (χ1) is 7.90. The van der Waals surface area contributed by atoms with Gasteiger partial charge in [0, 0.05) is 6.04 Å². The van der Waals surface area contributed by atoms with E-state index in [1.165, 1.54) is 6.07 Å². The van der Waals surface area contributed by atoms with Crippen molar-refractivity contribution < 1.29 is 14.4 Å². The second-order valence-electron chi connectivity index (χ2n) is 4.05. The number of nitro groups is 1. The van der Waals surface area contributed by atoms with E-state index in [-0.39, 0.29) is 17.4 Å². The molecule has 94 valence electrons. The van der Waals surface area contributed by atoms with Crippen molar-refractivity contribution in [1.29, 1.82) is 0 Å². The van der Waals surface area contributed by atoms with Crippen molar-refractivity contribution in [1.82, 2.24) is 0 Å². The molecule has 1 aromatic carbocycles. The Morgan fingerprint density at radius 2 is 2.18 bits per heavy atom. The summed E-state index contributed by atoms with van der Waals surface area (Å²) in [6, 6.07) is 3.22. The van der Waals surface area contributed by atoms with E-state index in [1.54, 1.807) is 13.8 Å². The van der Waals surface area contributed by atoms with Gasteiger partial charge in [-0.1, -0.05) is 0 Å². The van der Waals surface area contributed by atoms with Gasteiger partial charge in [0.25, 0.3) is 5.69 Å². The smallest absolute Gasteiger partial charge is 0.295 e. The van der Waals surface area contributed by atoms with Crippen LogP contribution in [0.15, 0.2) is 18.2 Å². The van der Waals surface area contributed by atoms with Crippen LogP contribution in [0.3, 0.4) is 0 Å². The maximum absolute atomic E-state index is 12.9. The van der Waals surface area contributed by atoms with Gasteiger partial charge >= 0.3 is 0 Å². The van der Waals surface area contributed by atoms with Gasteiger partial charge in [0.2, 0.25) is 0 Å². The number of nitro benzene ring substituents is 1. The second-order valence-corrected chi connectivity index (χ2v) is 4.05. The number of hydrogen-bond donors (Lipinski definition) is 2. The lowest BCUT2D eigenvalue weighted by Crippen LogP contribution is -2.21. The lowest BCUT2D eigenvalue weighted by atomic mass is 10.1. The van der Waals surface area contributed by atoms with Crippen molar-refractivity contribution in [2.75, 3.05) is 5.32 Å². The van der Waals surface area contributed by atoms with Gasteiger partial charge < -0.3 is 10.4 Å². The quantitative estimate of drug-likeness (QED) is 0.613. The van der Waals surface area contributed by atoms with Crippen molar-refractivity contribution >= 4 is 11.4 Å². The van der Waals surface area contributed by atoms with Crippen LogP contribution in [0.2, 0.25) is 0 Å². The van der Waals surface area contributed by atoms with Gasteiger partial charge in [-0.3, -0.25) is 10.1 Å². The summed E-state index contributed by atoms with van der Waals surface area (Å²) in [6.45, 7) is 3.43. The average molecular weight is 242 g/mol. The van der Waals surface area contributed by atoms with E-state index in [1.807, 2.05) is 0 Å². The molecule has 0 aliphatic carbocycles. The van der Waals surface area contributed by atoms with Crippen LogP contribution in [0.25, 0.3) is 0 Å². The summed E-state index contributed by atoms with van der Waals surface area (Å²) >= 11 is 0. The van der Waals surface area contributed by atoms with Crippen LogP contribution in [-0.4, -0.2) is 22.2 Å². The Morgan fingerprint density at radius 1 is 1.53 bits per heavy atom. The number of aliphatic hydroxyl groups is 1. The minimum atomic E-state index is -0.648. The molecule has 2 unspecified atom stereocenters. The molecule has 0 fully saturated rings. The third-order valence-corrected chi connectivity index (χ3v) is 2.25. The number of benzene rings is 1. The van der Waals surface area contributed by atoms with Crippen LogP contribution in [0, 0.1) is 15.9 Å². The molecule has 0 saturated carbocycles. The molecular formula is C11H15FN2O3. The SMILES string of the molecule is CC(O)CC(C)Nc1ccc(F)cc1[N+](=O)[O-]. The van der Waals surface area contributed by atoms with Crippen LogP contribution in [0.5, 0.6) is 0 Å². The summed E-state index contributed by atoms with van der Waals surface area (Å²) < 4.78 is 12.9. The van der Waals surface area contributed by atoms with E-state index in [9.17, 15) is 19.6 Å². The van der Waals surface area contributed by atoms with Crippen LogP contribution >= 0.6 is 0 Å². The Labute approximate surface area is 98.4 Å². The van der Waals surface area contributed by atoms with E-state index in [0.717, 1.165) is 12.1 Å². The first-order valence-corrected chi connectivity index (χ1v) is 5.28. The fourth-order valence-electron chi connectivity index (χ4n) is 1.61. The minimum Gasteiger partial charge on any atom is -0.393 e. The largest absolute Gasteiger partial charge is 0.393 e. The second kappa shape index (κ2) is 5.58. The normalized spacial score (nSPS) is 14.1. The van der Waals surface area contributed by atoms with Crippen LogP contribution in [0.1, 0.15) is 20.3 Å². The maximum atomic E-state index is 12.9. The number of rotatable bonds is 5. The first-order valence-electron chi connectivity index (χ1n) is 5.28. The van der Waals surface area contributed by atoms with Crippen LogP contribution in [0.4, 0.5) is 15.8 Å². The third kappa shape index (κ3) is 3.99. The van der Waals surface area contributed by atoms with Crippen LogP contribution in [-0.2, 0) is 0 Å². The molecule has 5 nitrogen and oxygen atoms in total. The fourth-order valence-corrected chi connectivity index (χ4v) is 1.61. The molecule has 0 radical (unpaired) electrons. The lowest BCUT2D eigenvalue weighted by Gasteiger charge is -2.16. The van der Waals surface area contributed by atoms with Gasteiger partial charge in [0.15, 0.2) is 0 Å². The highest BCUT2D eigenvalue weighted by atomic mass is 19.1. The number of aliphatic hydroxyl groups excluding tert-OH is 1. The van der Waals surface area contributed by atoms with E-state index in [4.69, 9.17) is 0 Å². The maximum Gasteiger partial charge on any atom is 0.295 e. The monoisotopic (exact) mass is 242 g/mol. The molecule has 0 bridgehead atoms. The predicted octanol–water partition coefficient (Wildman–Crippen LogP) is 2.31. The average Bonchev–Trinajstić information content (AvgIpc) is 2.19. The Bertz CT molecular complexity index is 410. The first kappa shape index (κ1) is 13.4. The fraction of sp³-hybridized carbons (Fsp3) is 0.455. The molecule has 17 heavy (non-hydrogen) atoms. The summed E-state index contributed by atoms with van der Waals surface area (Å²) in [6.07, 6.45) is -0.0499. The molecule has 2 atom stereocenters. The minimum absolute atomic E-state index is 0.140. The van der Waals surface area contributed by atoms with Crippen molar-refractivity contribution in [3.05, 3.63) is 34.1 Å². The topological polar surface area (TPSA) is 75.4 Å². The van der Waals surface area contributed by atoms with Crippen molar-refractivity contribution in [2.24, 2.45) is 0 Å². The summed E-state index contributed by atoms with van der Waals surface area (Å²) in [5.41, 5.74) is -0.0491. The van der Waals surface area contributed by atoms with Gasteiger partial charge in [-0.05, 0) is 32.4 Å². The molecule has 0 aliphatic heterocycles. The highest BCUT2D eigenvalue weighted by Crippen LogP contribution is 2.26. The molecule has 0 aliphatic rings. The zero-order valence-electron chi connectivity index (χ0n) is 9.68. The van der Waals surface area contributed by atoms with E-state index >= 15 is 0 Å². The van der Waals surface area contributed by atoms with Gasteiger partial charge in [0.05, 0.1) is 17.1 Å². The number of anilines is 1. The lowest BCUT2D eigenvalue weighted by molar-refractivity contribution is -0.384. The van der Waals surface area contributed by atoms with Crippen molar-refractivity contribution in [3.63, 3.8) is 0 Å². The van der Waals surface area contributed by atoms with Gasteiger partial charge in [-0.2, -0.15) is 0 Å². The summed E-state index contributed by atoms with van der Waals surface area (Å²) in [5.74, 6) is -0.648. The molecule has 2 N–H and O–H groups in total. The number of nitrogens with one attached hydrogen (secondary N) is 1. The summed E-state index contributed by atoms with van der Waals surface area (Å²) in [4.78, 5) is 10.1. The van der Waals surface area contributed by atoms with Gasteiger partial charge in [0.1, 0.15) is 11.5 Å². The Hall–Kier alpha value is -1.69. The van der Waals surface area contributed by atoms with E-state index < -0.39 is 16.8 Å². The van der Waals surface area contributed by atoms with Crippen molar-refractivity contribution in [2.45, 2.75) is 32.4 Å². The van der Waals surface area contributed by atoms with Gasteiger partial charge in [-0.25, -0.2) is 4.39 Å². The molecule has 6 heteroatoms. The molecule has 1 rings (SSSR count). The van der Waals surface area contributed by atoms with Crippen molar-refractivity contribution in [3.8, 4) is 0 Å². The zero-order valence-corrected chi connectivity index (χ0v) is 9.68. The third-order valence-electron chi connectivity index (χ3n) is 2.25. The summed E-state index contributed by atoms with van der Waals surface area (Å²) in [5, 5.41) is 22.8. The molecule has 0 spiro atoms. The highest BCUT2D eigenvalue weighted by molar-refractivity contribution is 5.61. The molecular weight excluding hydrogens is 227 g/mol. The molecule has 0 heterocycles. The summed E-state index contributed by atoms with van der Waals surface area (Å²) in [7, 11) is 0. The Morgan fingerprint density at radius 3 is 2.71 bits per heavy atom. The Balaban J connectivity index is 2.86. The highest BCUT2D eigenvalue weighted by Gasteiger charge is 2.16. The number of hydrogen-bond acceptors (Lipinski definition) is 4. The Kier molecular flexibility index (Phi) is 4.39. The van der Waals surface area contributed by atoms with E-state index in [2.05, 4.69) is 5.32 Å². The molecule has 0 saturated heterocycles. The molecule has 0 amide bonds.